The van der Waals surface area contributed by atoms with Gasteiger partial charge in [-0.05, 0) is 13.3 Å². The Balaban J connectivity index is 1.99. The van der Waals surface area contributed by atoms with Crippen LogP contribution < -0.4 is 5.32 Å². The number of hydrogen-bond donors (Lipinski definition) is 2. The summed E-state index contributed by atoms with van der Waals surface area (Å²) in [6, 6.07) is 0. The van der Waals surface area contributed by atoms with Crippen LogP contribution in [0.4, 0.5) is 0 Å². The maximum absolute atomic E-state index is 10.0. The summed E-state index contributed by atoms with van der Waals surface area (Å²) in [7, 11) is 0. The van der Waals surface area contributed by atoms with Crippen LogP contribution in [0.25, 0.3) is 0 Å². The third-order valence-corrected chi connectivity index (χ3v) is 4.81. The molecule has 0 amide bonds. The highest BCUT2D eigenvalue weighted by atomic mass is 16.5. The Labute approximate surface area is 131 Å². The Bertz CT molecular complexity index is 237. The molecule has 1 aliphatic heterocycles. The average Bonchev–Trinajstić information content (AvgIpc) is 2.50. The normalized spacial score (nSPS) is 24.1. The van der Waals surface area contributed by atoms with E-state index in [1.807, 2.05) is 6.92 Å². The van der Waals surface area contributed by atoms with Gasteiger partial charge in [0.1, 0.15) is 5.60 Å². The topological polar surface area (TPSA) is 41.5 Å². The minimum Gasteiger partial charge on any atom is -0.390 e. The van der Waals surface area contributed by atoms with Crippen LogP contribution in [0, 0.1) is 0 Å². The predicted octanol–water partition coefficient (Wildman–Crippen LogP) is 4.04. The molecule has 0 radical (unpaired) electrons. The van der Waals surface area contributed by atoms with Crippen LogP contribution in [0.2, 0.25) is 0 Å². The molecular weight excluding hydrogens is 262 g/mol. The summed E-state index contributed by atoms with van der Waals surface area (Å²) in [5.41, 5.74) is -0.335. The molecule has 1 fully saturated rings. The highest BCUT2D eigenvalue weighted by Crippen LogP contribution is 2.25. The first-order valence-corrected chi connectivity index (χ1v) is 9.24. The molecule has 0 aliphatic carbocycles. The second kappa shape index (κ2) is 11.4. The van der Waals surface area contributed by atoms with Crippen molar-refractivity contribution in [1.82, 2.24) is 5.32 Å². The van der Waals surface area contributed by atoms with E-state index in [0.717, 1.165) is 26.1 Å². The predicted molar refractivity (Wildman–Crippen MR) is 89.7 cm³/mol. The third-order valence-electron chi connectivity index (χ3n) is 4.81. The molecule has 0 aromatic carbocycles. The highest BCUT2D eigenvalue weighted by Gasteiger charge is 2.37. The molecule has 0 saturated carbocycles. The van der Waals surface area contributed by atoms with E-state index in [4.69, 9.17) is 4.74 Å². The van der Waals surface area contributed by atoms with Crippen molar-refractivity contribution in [3.8, 4) is 0 Å². The van der Waals surface area contributed by atoms with Crippen molar-refractivity contribution in [2.24, 2.45) is 0 Å². The molecule has 2 N–H and O–H groups in total. The Morgan fingerprint density at radius 1 is 1.00 bits per heavy atom. The van der Waals surface area contributed by atoms with E-state index in [2.05, 4.69) is 12.2 Å². The second-order valence-electron chi connectivity index (χ2n) is 6.70. The molecule has 126 valence electrons. The zero-order valence-corrected chi connectivity index (χ0v) is 14.3. The Hall–Kier alpha value is -0.120. The first-order valence-electron chi connectivity index (χ1n) is 9.24. The number of aliphatic hydroxyl groups excluding tert-OH is 1. The van der Waals surface area contributed by atoms with Gasteiger partial charge in [0.25, 0.3) is 0 Å². The number of aliphatic hydroxyl groups is 1. The van der Waals surface area contributed by atoms with Crippen LogP contribution in [0.5, 0.6) is 0 Å². The number of ether oxygens (including phenoxy) is 1. The van der Waals surface area contributed by atoms with E-state index in [0.29, 0.717) is 0 Å². The molecule has 0 aromatic rings. The molecule has 1 heterocycles. The Morgan fingerprint density at radius 2 is 1.57 bits per heavy atom. The lowest BCUT2D eigenvalue weighted by Crippen LogP contribution is -2.56. The maximum atomic E-state index is 10.0. The summed E-state index contributed by atoms with van der Waals surface area (Å²) >= 11 is 0. The number of nitrogens with one attached hydrogen (secondary N) is 1. The molecule has 3 nitrogen and oxygen atoms in total. The molecule has 0 aromatic heterocycles. The minimum absolute atomic E-state index is 0.335. The van der Waals surface area contributed by atoms with Gasteiger partial charge in [-0.15, -0.1) is 0 Å². The molecule has 0 spiro atoms. The van der Waals surface area contributed by atoms with Crippen LogP contribution in [-0.4, -0.2) is 36.5 Å². The van der Waals surface area contributed by atoms with Gasteiger partial charge >= 0.3 is 0 Å². The van der Waals surface area contributed by atoms with Crippen molar-refractivity contribution in [3.63, 3.8) is 0 Å². The van der Waals surface area contributed by atoms with Crippen molar-refractivity contribution in [1.29, 1.82) is 0 Å². The second-order valence-corrected chi connectivity index (χ2v) is 6.70. The average molecular weight is 299 g/mol. The molecule has 1 rings (SSSR count). The summed E-state index contributed by atoms with van der Waals surface area (Å²) in [6.45, 7) is 6.56. The molecule has 2 atom stereocenters. The lowest BCUT2D eigenvalue weighted by molar-refractivity contribution is -0.136. The van der Waals surface area contributed by atoms with E-state index in [1.54, 1.807) is 0 Å². The van der Waals surface area contributed by atoms with Gasteiger partial charge in [0, 0.05) is 13.1 Å². The largest absolute Gasteiger partial charge is 0.390 e. The van der Waals surface area contributed by atoms with E-state index in [9.17, 15) is 5.11 Å². The number of morpholine rings is 1. The van der Waals surface area contributed by atoms with E-state index in [1.165, 1.54) is 64.2 Å². The molecule has 2 unspecified atom stereocenters. The van der Waals surface area contributed by atoms with Crippen LogP contribution in [0.15, 0.2) is 0 Å². The first kappa shape index (κ1) is 18.9. The lowest BCUT2D eigenvalue weighted by atomic mass is 9.89. The van der Waals surface area contributed by atoms with E-state index < -0.39 is 0 Å². The highest BCUT2D eigenvalue weighted by molar-refractivity contribution is 4.90. The van der Waals surface area contributed by atoms with Crippen LogP contribution in [0.1, 0.15) is 84.5 Å². The minimum atomic E-state index is -0.385. The number of rotatable bonds is 12. The monoisotopic (exact) mass is 299 g/mol. The smallest absolute Gasteiger partial charge is 0.106 e. The van der Waals surface area contributed by atoms with Crippen molar-refractivity contribution in [3.05, 3.63) is 0 Å². The zero-order valence-electron chi connectivity index (χ0n) is 14.3. The van der Waals surface area contributed by atoms with E-state index in [-0.39, 0.29) is 11.7 Å². The fraction of sp³-hybridized carbons (Fsp3) is 1.00. The summed E-state index contributed by atoms with van der Waals surface area (Å²) < 4.78 is 5.90. The molecular formula is C18H37NO2. The quantitative estimate of drug-likeness (QED) is 0.534. The fourth-order valence-electron chi connectivity index (χ4n) is 3.23. The summed E-state index contributed by atoms with van der Waals surface area (Å²) in [5.74, 6) is 0. The number of unbranched alkanes of at least 4 members (excludes halogenated alkanes) is 9. The van der Waals surface area contributed by atoms with E-state index >= 15 is 0 Å². The molecule has 0 bridgehead atoms. The van der Waals surface area contributed by atoms with Gasteiger partial charge < -0.3 is 15.2 Å². The number of hydrogen-bond acceptors (Lipinski definition) is 3. The van der Waals surface area contributed by atoms with Crippen molar-refractivity contribution >= 4 is 0 Å². The van der Waals surface area contributed by atoms with Gasteiger partial charge in [-0.1, -0.05) is 71.1 Å². The van der Waals surface area contributed by atoms with Gasteiger partial charge in [0.15, 0.2) is 0 Å². The fourth-order valence-corrected chi connectivity index (χ4v) is 3.23. The third kappa shape index (κ3) is 7.62. The first-order chi connectivity index (χ1) is 10.2. The van der Waals surface area contributed by atoms with Gasteiger partial charge in [-0.3, -0.25) is 0 Å². The summed E-state index contributed by atoms with van der Waals surface area (Å²) in [5, 5.41) is 13.4. The Kier molecular flexibility index (Phi) is 10.3. The Morgan fingerprint density at radius 3 is 2.05 bits per heavy atom. The van der Waals surface area contributed by atoms with Crippen molar-refractivity contribution in [2.75, 3.05) is 19.7 Å². The van der Waals surface area contributed by atoms with Gasteiger partial charge in [-0.25, -0.2) is 0 Å². The molecule has 1 saturated heterocycles. The van der Waals surface area contributed by atoms with Crippen LogP contribution in [-0.2, 0) is 4.74 Å². The molecule has 3 heteroatoms. The zero-order chi connectivity index (χ0) is 15.4. The molecule has 21 heavy (non-hydrogen) atoms. The SMILES string of the molecule is CCCCCCCCCCCCC1(C(C)O)CNCCO1. The standard InChI is InChI=1S/C18H37NO2/c1-3-4-5-6-7-8-9-10-11-12-13-18(17(2)20)16-19-14-15-21-18/h17,19-20H,3-16H2,1-2H3. The molecule has 1 aliphatic rings. The summed E-state index contributed by atoms with van der Waals surface area (Å²) in [6.07, 6.45) is 14.1. The van der Waals surface area contributed by atoms with Gasteiger partial charge in [-0.2, -0.15) is 0 Å². The van der Waals surface area contributed by atoms with Gasteiger partial charge in [0.2, 0.25) is 0 Å². The maximum Gasteiger partial charge on any atom is 0.106 e. The lowest BCUT2D eigenvalue weighted by Gasteiger charge is -2.40. The van der Waals surface area contributed by atoms with Crippen molar-refractivity contribution < 1.29 is 9.84 Å². The summed E-state index contributed by atoms with van der Waals surface area (Å²) in [4.78, 5) is 0. The van der Waals surface area contributed by atoms with Crippen molar-refractivity contribution in [2.45, 2.75) is 96.2 Å². The van der Waals surface area contributed by atoms with Gasteiger partial charge in [0.05, 0.1) is 12.7 Å². The van der Waals surface area contributed by atoms with Crippen LogP contribution >= 0.6 is 0 Å². The van der Waals surface area contributed by atoms with Crippen LogP contribution in [0.3, 0.4) is 0 Å².